The second-order valence-electron chi connectivity index (χ2n) is 4.95. The Morgan fingerprint density at radius 3 is 2.60 bits per heavy atom. The third-order valence-corrected chi connectivity index (χ3v) is 3.60. The number of hydrogen-bond acceptors (Lipinski definition) is 2. The van der Waals surface area contributed by atoms with E-state index in [1.807, 2.05) is 6.92 Å². The zero-order valence-corrected chi connectivity index (χ0v) is 11.2. The van der Waals surface area contributed by atoms with E-state index in [4.69, 9.17) is 5.11 Å². The van der Waals surface area contributed by atoms with E-state index in [-0.39, 0.29) is 30.4 Å². The zero-order valence-electron chi connectivity index (χ0n) is 11.2. The van der Waals surface area contributed by atoms with Crippen LogP contribution in [0.1, 0.15) is 31.4 Å². The molecule has 1 aromatic rings. The van der Waals surface area contributed by atoms with Crippen molar-refractivity contribution in [1.29, 1.82) is 0 Å². The Bertz CT molecular complexity index is 504. The van der Waals surface area contributed by atoms with Crippen LogP contribution in [0.3, 0.4) is 0 Å². The number of nitrogens with zero attached hydrogens (tertiary/aromatic N) is 1. The molecule has 1 aliphatic heterocycles. The first kappa shape index (κ1) is 14.3. The molecule has 0 saturated carbocycles. The molecule has 1 fully saturated rings. The molecule has 1 saturated heterocycles. The second kappa shape index (κ2) is 5.90. The second-order valence-corrected chi connectivity index (χ2v) is 4.95. The molecule has 0 bridgehead atoms. The van der Waals surface area contributed by atoms with Crippen LogP contribution in [0.25, 0.3) is 0 Å². The van der Waals surface area contributed by atoms with E-state index in [2.05, 4.69) is 5.32 Å². The maximum absolute atomic E-state index is 13.0. The molecule has 1 aromatic carbocycles. The molecule has 2 rings (SSSR count). The summed E-state index contributed by atoms with van der Waals surface area (Å²) < 4.78 is 13.0. The van der Waals surface area contributed by atoms with Crippen molar-refractivity contribution >= 4 is 12.0 Å². The van der Waals surface area contributed by atoms with Crippen molar-refractivity contribution in [1.82, 2.24) is 10.2 Å². The van der Waals surface area contributed by atoms with Gasteiger partial charge in [-0.2, -0.15) is 0 Å². The van der Waals surface area contributed by atoms with Gasteiger partial charge < -0.3 is 15.3 Å². The molecule has 1 heterocycles. The van der Waals surface area contributed by atoms with E-state index in [9.17, 15) is 14.0 Å². The molecule has 108 valence electrons. The van der Waals surface area contributed by atoms with Gasteiger partial charge in [0.15, 0.2) is 0 Å². The fraction of sp³-hybridized carbons (Fsp3) is 0.429. The number of benzene rings is 1. The summed E-state index contributed by atoms with van der Waals surface area (Å²) in [6.07, 6.45) is 0.426. The van der Waals surface area contributed by atoms with Gasteiger partial charge in [0.05, 0.1) is 6.04 Å². The summed E-state index contributed by atoms with van der Waals surface area (Å²) in [6.45, 7) is 1.69. The molecule has 2 atom stereocenters. The Morgan fingerprint density at radius 1 is 1.35 bits per heavy atom. The Morgan fingerprint density at radius 2 is 2.00 bits per heavy atom. The van der Waals surface area contributed by atoms with Gasteiger partial charge >= 0.3 is 6.09 Å². The minimum atomic E-state index is -1.22. The van der Waals surface area contributed by atoms with Gasteiger partial charge in [0.1, 0.15) is 12.4 Å². The lowest BCUT2D eigenvalue weighted by Gasteiger charge is -2.29. The number of rotatable bonds is 3. The summed E-state index contributed by atoms with van der Waals surface area (Å²) in [5.74, 6) is -0.572. The Hall–Kier alpha value is -2.11. The van der Waals surface area contributed by atoms with Crippen LogP contribution < -0.4 is 5.32 Å². The van der Waals surface area contributed by atoms with Crippen molar-refractivity contribution in [3.63, 3.8) is 0 Å². The first-order valence-corrected chi connectivity index (χ1v) is 6.52. The molecule has 0 aromatic heterocycles. The highest BCUT2D eigenvalue weighted by Crippen LogP contribution is 2.35. The van der Waals surface area contributed by atoms with Crippen LogP contribution in [-0.2, 0) is 4.79 Å². The van der Waals surface area contributed by atoms with Crippen LogP contribution in [0.5, 0.6) is 0 Å². The highest BCUT2D eigenvalue weighted by atomic mass is 19.1. The van der Waals surface area contributed by atoms with Crippen LogP contribution in [0, 0.1) is 5.82 Å². The van der Waals surface area contributed by atoms with E-state index in [1.54, 1.807) is 17.0 Å². The molecule has 6 heteroatoms. The zero-order chi connectivity index (χ0) is 14.7. The van der Waals surface area contributed by atoms with Crippen LogP contribution in [0.2, 0.25) is 0 Å². The van der Waals surface area contributed by atoms with Crippen LogP contribution >= 0.6 is 0 Å². The molecular formula is C14H17FN2O3. The average Bonchev–Trinajstić information content (AvgIpc) is 2.79. The van der Waals surface area contributed by atoms with Gasteiger partial charge in [0, 0.05) is 6.04 Å². The number of carboxylic acid groups (broad SMARTS) is 1. The van der Waals surface area contributed by atoms with Gasteiger partial charge in [0.2, 0.25) is 5.91 Å². The number of halogens is 1. The minimum absolute atomic E-state index is 0.0492. The van der Waals surface area contributed by atoms with Gasteiger partial charge in [-0.3, -0.25) is 4.79 Å². The Kier molecular flexibility index (Phi) is 4.22. The fourth-order valence-corrected chi connectivity index (χ4v) is 2.66. The Labute approximate surface area is 116 Å². The molecule has 1 aliphatic rings. The summed E-state index contributed by atoms with van der Waals surface area (Å²) in [6, 6.07) is 6.01. The fourth-order valence-electron chi connectivity index (χ4n) is 2.66. The van der Waals surface area contributed by atoms with Gasteiger partial charge in [-0.1, -0.05) is 12.1 Å². The average molecular weight is 280 g/mol. The standard InChI is InChI=1S/C14H17FN2O3/c1-9-2-7-12(10-3-5-11(15)6-4-10)17(9)13(18)8-16-14(19)20/h3-6,9,12,16H,2,7-8H2,1H3,(H,19,20)/t9-,12-/m0/s1. The number of nitrogens with one attached hydrogen (secondary N) is 1. The van der Waals surface area contributed by atoms with Crippen molar-refractivity contribution in [3.8, 4) is 0 Å². The smallest absolute Gasteiger partial charge is 0.405 e. The summed E-state index contributed by atoms with van der Waals surface area (Å²) in [5, 5.41) is 10.7. The predicted molar refractivity (Wildman–Crippen MR) is 70.7 cm³/mol. The number of carbonyl (C=O) groups excluding carboxylic acids is 1. The lowest BCUT2D eigenvalue weighted by atomic mass is 10.0. The molecule has 20 heavy (non-hydrogen) atoms. The van der Waals surface area contributed by atoms with Crippen LogP contribution in [-0.4, -0.2) is 34.6 Å². The SMILES string of the molecule is C[C@H]1CC[C@@H](c2ccc(F)cc2)N1C(=O)CNC(=O)O. The highest BCUT2D eigenvalue weighted by molar-refractivity contribution is 5.82. The van der Waals surface area contributed by atoms with E-state index < -0.39 is 6.09 Å². The van der Waals surface area contributed by atoms with Crippen LogP contribution in [0.15, 0.2) is 24.3 Å². The quantitative estimate of drug-likeness (QED) is 0.891. The third kappa shape index (κ3) is 3.07. The largest absolute Gasteiger partial charge is 0.465 e. The summed E-state index contributed by atoms with van der Waals surface area (Å²) in [7, 11) is 0. The minimum Gasteiger partial charge on any atom is -0.465 e. The number of carbonyl (C=O) groups is 2. The molecule has 5 nitrogen and oxygen atoms in total. The molecule has 0 unspecified atom stereocenters. The van der Waals surface area contributed by atoms with Crippen LogP contribution in [0.4, 0.5) is 9.18 Å². The molecule has 2 N–H and O–H groups in total. The van der Waals surface area contributed by atoms with E-state index in [0.717, 1.165) is 18.4 Å². The van der Waals surface area contributed by atoms with Crippen molar-refractivity contribution in [2.24, 2.45) is 0 Å². The van der Waals surface area contributed by atoms with E-state index >= 15 is 0 Å². The lowest BCUT2D eigenvalue weighted by molar-refractivity contribution is -0.132. The number of hydrogen-bond donors (Lipinski definition) is 2. The van der Waals surface area contributed by atoms with Crippen molar-refractivity contribution < 1.29 is 19.1 Å². The molecular weight excluding hydrogens is 263 g/mol. The maximum atomic E-state index is 13.0. The van der Waals surface area contributed by atoms with Crippen molar-refractivity contribution in [3.05, 3.63) is 35.6 Å². The Balaban J connectivity index is 2.13. The van der Waals surface area contributed by atoms with Gasteiger partial charge in [-0.25, -0.2) is 9.18 Å². The maximum Gasteiger partial charge on any atom is 0.405 e. The number of likely N-dealkylation sites (tertiary alicyclic amines) is 1. The summed E-state index contributed by atoms with van der Waals surface area (Å²) in [4.78, 5) is 24.3. The molecule has 0 aliphatic carbocycles. The molecule has 2 amide bonds. The van der Waals surface area contributed by atoms with Gasteiger partial charge in [-0.05, 0) is 37.5 Å². The highest BCUT2D eigenvalue weighted by Gasteiger charge is 2.35. The van der Waals surface area contributed by atoms with Gasteiger partial charge in [0.25, 0.3) is 0 Å². The predicted octanol–water partition coefficient (Wildman–Crippen LogP) is 2.15. The summed E-state index contributed by atoms with van der Waals surface area (Å²) >= 11 is 0. The first-order chi connectivity index (χ1) is 9.49. The normalized spacial score (nSPS) is 21.8. The third-order valence-electron chi connectivity index (χ3n) is 3.60. The topological polar surface area (TPSA) is 69.6 Å². The molecule has 0 radical (unpaired) electrons. The molecule has 0 spiro atoms. The first-order valence-electron chi connectivity index (χ1n) is 6.52. The monoisotopic (exact) mass is 280 g/mol. The summed E-state index contributed by atoms with van der Waals surface area (Å²) in [5.41, 5.74) is 0.874. The van der Waals surface area contributed by atoms with E-state index in [1.165, 1.54) is 12.1 Å². The van der Waals surface area contributed by atoms with E-state index in [0.29, 0.717) is 0 Å². The van der Waals surface area contributed by atoms with Crippen molar-refractivity contribution in [2.75, 3.05) is 6.54 Å². The van der Waals surface area contributed by atoms with Crippen molar-refractivity contribution in [2.45, 2.75) is 31.8 Å². The lowest BCUT2D eigenvalue weighted by Crippen LogP contribution is -2.42. The van der Waals surface area contributed by atoms with Gasteiger partial charge in [-0.15, -0.1) is 0 Å². The number of amides is 2.